The van der Waals surface area contributed by atoms with E-state index < -0.39 is 5.92 Å². The third-order valence-corrected chi connectivity index (χ3v) is 4.79. The summed E-state index contributed by atoms with van der Waals surface area (Å²) >= 11 is 0. The minimum absolute atomic E-state index is 0.115. The second kappa shape index (κ2) is 9.73. The fourth-order valence-corrected chi connectivity index (χ4v) is 3.31. The molecule has 1 aliphatic rings. The van der Waals surface area contributed by atoms with Gasteiger partial charge in [0.1, 0.15) is 5.75 Å². The molecule has 1 fully saturated rings. The number of para-hydroxylation sites is 1. The van der Waals surface area contributed by atoms with Crippen molar-refractivity contribution in [2.45, 2.75) is 13.3 Å². The molecule has 0 radical (unpaired) electrons. The highest BCUT2D eigenvalue weighted by atomic mass is 16.5. The van der Waals surface area contributed by atoms with Gasteiger partial charge in [-0.2, -0.15) is 0 Å². The van der Waals surface area contributed by atoms with Crippen molar-refractivity contribution in [1.82, 2.24) is 5.32 Å². The van der Waals surface area contributed by atoms with Gasteiger partial charge in [-0.05, 0) is 43.3 Å². The standard InChI is InChI=1S/C23H25N3O4/c1-3-13-24-23(29)19-7-5-6-8-20(19)25-22(28)16-14-21(27)26(15-16)17-9-11-18(12-10-17)30-4-2/h3,5-12,16H,1,4,13-15H2,2H3,(H,24,29)(H,25,28)/t16-/m0/s1. The maximum atomic E-state index is 12.8. The van der Waals surface area contributed by atoms with Crippen LogP contribution in [0.1, 0.15) is 23.7 Å². The highest BCUT2D eigenvalue weighted by Crippen LogP contribution is 2.28. The van der Waals surface area contributed by atoms with Crippen molar-refractivity contribution < 1.29 is 19.1 Å². The summed E-state index contributed by atoms with van der Waals surface area (Å²) in [6.45, 7) is 6.66. The van der Waals surface area contributed by atoms with Gasteiger partial charge in [-0.1, -0.05) is 18.2 Å². The maximum absolute atomic E-state index is 12.8. The lowest BCUT2D eigenvalue weighted by Gasteiger charge is -2.17. The number of ether oxygens (including phenoxy) is 1. The first-order valence-electron chi connectivity index (χ1n) is 9.85. The first-order valence-corrected chi connectivity index (χ1v) is 9.85. The molecular formula is C23H25N3O4. The van der Waals surface area contributed by atoms with E-state index in [0.29, 0.717) is 24.4 Å². The lowest BCUT2D eigenvalue weighted by molar-refractivity contribution is -0.122. The second-order valence-electron chi connectivity index (χ2n) is 6.87. The van der Waals surface area contributed by atoms with E-state index in [-0.39, 0.29) is 30.7 Å². The van der Waals surface area contributed by atoms with E-state index in [1.807, 2.05) is 19.1 Å². The average Bonchev–Trinajstić information content (AvgIpc) is 3.15. The van der Waals surface area contributed by atoms with Crippen LogP contribution in [0.4, 0.5) is 11.4 Å². The van der Waals surface area contributed by atoms with E-state index in [9.17, 15) is 14.4 Å². The lowest BCUT2D eigenvalue weighted by atomic mass is 10.1. The molecule has 0 unspecified atom stereocenters. The van der Waals surface area contributed by atoms with Crippen LogP contribution in [0, 0.1) is 5.92 Å². The third-order valence-electron chi connectivity index (χ3n) is 4.79. The molecule has 0 bridgehead atoms. The number of carbonyl (C=O) groups is 3. The molecule has 1 heterocycles. The van der Waals surface area contributed by atoms with Gasteiger partial charge in [0.25, 0.3) is 5.91 Å². The summed E-state index contributed by atoms with van der Waals surface area (Å²) in [4.78, 5) is 39.2. The largest absolute Gasteiger partial charge is 0.494 e. The van der Waals surface area contributed by atoms with Crippen LogP contribution in [0.3, 0.4) is 0 Å². The van der Waals surface area contributed by atoms with E-state index in [1.54, 1.807) is 47.4 Å². The summed E-state index contributed by atoms with van der Waals surface area (Å²) in [5, 5.41) is 5.50. The van der Waals surface area contributed by atoms with Crippen molar-refractivity contribution in [2.24, 2.45) is 5.92 Å². The number of benzene rings is 2. The van der Waals surface area contributed by atoms with Gasteiger partial charge in [0.05, 0.1) is 23.8 Å². The fourth-order valence-electron chi connectivity index (χ4n) is 3.31. The zero-order valence-electron chi connectivity index (χ0n) is 16.9. The molecule has 7 heteroatoms. The summed E-state index contributed by atoms with van der Waals surface area (Å²) in [6, 6.07) is 14.0. The van der Waals surface area contributed by atoms with Gasteiger partial charge in [0, 0.05) is 25.2 Å². The van der Waals surface area contributed by atoms with Crippen LogP contribution >= 0.6 is 0 Å². The summed E-state index contributed by atoms with van der Waals surface area (Å²) in [5.41, 5.74) is 1.50. The minimum Gasteiger partial charge on any atom is -0.494 e. The van der Waals surface area contributed by atoms with E-state index >= 15 is 0 Å². The summed E-state index contributed by atoms with van der Waals surface area (Å²) in [6.07, 6.45) is 1.70. The Hall–Kier alpha value is -3.61. The first kappa shape index (κ1) is 21.1. The molecule has 2 aromatic rings. The summed E-state index contributed by atoms with van der Waals surface area (Å²) in [5.74, 6) is -0.483. The van der Waals surface area contributed by atoms with Gasteiger partial charge in [-0.15, -0.1) is 6.58 Å². The number of carbonyl (C=O) groups excluding carboxylic acids is 3. The molecule has 3 rings (SSSR count). The number of rotatable bonds is 8. The molecule has 1 saturated heterocycles. The highest BCUT2D eigenvalue weighted by molar-refractivity contribution is 6.07. The Bertz CT molecular complexity index is 940. The molecule has 1 atom stereocenters. The van der Waals surface area contributed by atoms with E-state index in [4.69, 9.17) is 4.74 Å². The number of nitrogens with one attached hydrogen (secondary N) is 2. The maximum Gasteiger partial charge on any atom is 0.253 e. The predicted octanol–water partition coefficient (Wildman–Crippen LogP) is 2.99. The number of nitrogens with zero attached hydrogens (tertiary/aromatic N) is 1. The predicted molar refractivity (Wildman–Crippen MR) is 116 cm³/mol. The molecular weight excluding hydrogens is 382 g/mol. The number of hydrogen-bond acceptors (Lipinski definition) is 4. The zero-order valence-corrected chi connectivity index (χ0v) is 16.9. The van der Waals surface area contributed by atoms with Gasteiger partial charge < -0.3 is 20.3 Å². The molecule has 0 aliphatic carbocycles. The lowest BCUT2D eigenvalue weighted by Crippen LogP contribution is -2.29. The van der Waals surface area contributed by atoms with E-state index in [0.717, 1.165) is 11.4 Å². The Kier molecular flexibility index (Phi) is 6.85. The zero-order chi connectivity index (χ0) is 21.5. The van der Waals surface area contributed by atoms with Crippen LogP contribution in [-0.4, -0.2) is 37.4 Å². The van der Waals surface area contributed by atoms with Gasteiger partial charge in [0.15, 0.2) is 0 Å². The number of amides is 3. The number of hydrogen-bond donors (Lipinski definition) is 2. The Balaban J connectivity index is 1.68. The molecule has 156 valence electrons. The van der Waals surface area contributed by atoms with Crippen molar-refractivity contribution >= 4 is 29.1 Å². The topological polar surface area (TPSA) is 87.7 Å². The number of anilines is 2. The molecule has 1 aliphatic heterocycles. The Morgan fingerprint density at radius 2 is 1.93 bits per heavy atom. The molecule has 2 N–H and O–H groups in total. The Labute approximate surface area is 175 Å². The fraction of sp³-hybridized carbons (Fsp3) is 0.261. The monoisotopic (exact) mass is 407 g/mol. The van der Waals surface area contributed by atoms with E-state index in [1.165, 1.54) is 0 Å². The van der Waals surface area contributed by atoms with Crippen LogP contribution in [0.25, 0.3) is 0 Å². The van der Waals surface area contributed by atoms with Crippen LogP contribution in [0.2, 0.25) is 0 Å². The molecule has 0 saturated carbocycles. The van der Waals surface area contributed by atoms with Gasteiger partial charge in [-0.25, -0.2) is 0 Å². The minimum atomic E-state index is -0.506. The van der Waals surface area contributed by atoms with Crippen molar-refractivity contribution in [1.29, 1.82) is 0 Å². The molecule has 2 aromatic carbocycles. The average molecular weight is 407 g/mol. The van der Waals surface area contributed by atoms with Crippen molar-refractivity contribution in [3.8, 4) is 5.75 Å². The third kappa shape index (κ3) is 4.86. The highest BCUT2D eigenvalue weighted by Gasteiger charge is 2.35. The van der Waals surface area contributed by atoms with Crippen molar-refractivity contribution in [3.05, 3.63) is 66.7 Å². The van der Waals surface area contributed by atoms with E-state index in [2.05, 4.69) is 17.2 Å². The van der Waals surface area contributed by atoms with Crippen LogP contribution < -0.4 is 20.3 Å². The Morgan fingerprint density at radius 3 is 2.63 bits per heavy atom. The molecule has 0 aromatic heterocycles. The first-order chi connectivity index (χ1) is 14.5. The molecule has 7 nitrogen and oxygen atoms in total. The smallest absolute Gasteiger partial charge is 0.253 e. The van der Waals surface area contributed by atoms with Crippen LogP contribution in [0.15, 0.2) is 61.2 Å². The second-order valence-corrected chi connectivity index (χ2v) is 6.87. The summed E-state index contributed by atoms with van der Waals surface area (Å²) in [7, 11) is 0. The summed E-state index contributed by atoms with van der Waals surface area (Å²) < 4.78 is 5.43. The molecule has 0 spiro atoms. The normalized spacial score (nSPS) is 15.6. The Morgan fingerprint density at radius 1 is 1.20 bits per heavy atom. The van der Waals surface area contributed by atoms with Gasteiger partial charge in [-0.3, -0.25) is 14.4 Å². The molecule has 3 amide bonds. The quantitative estimate of drug-likeness (QED) is 0.659. The van der Waals surface area contributed by atoms with Crippen LogP contribution in [0.5, 0.6) is 5.75 Å². The van der Waals surface area contributed by atoms with Crippen molar-refractivity contribution in [3.63, 3.8) is 0 Å². The SMILES string of the molecule is C=CCNC(=O)c1ccccc1NC(=O)[C@H]1CC(=O)N(c2ccc(OCC)cc2)C1. The van der Waals surface area contributed by atoms with Crippen LogP contribution in [-0.2, 0) is 9.59 Å². The van der Waals surface area contributed by atoms with Crippen molar-refractivity contribution in [2.75, 3.05) is 29.9 Å². The van der Waals surface area contributed by atoms with Gasteiger partial charge in [0.2, 0.25) is 11.8 Å². The molecule has 30 heavy (non-hydrogen) atoms. The van der Waals surface area contributed by atoms with Gasteiger partial charge >= 0.3 is 0 Å².